The van der Waals surface area contributed by atoms with Crippen molar-refractivity contribution in [3.63, 3.8) is 0 Å². The third-order valence-corrected chi connectivity index (χ3v) is 4.50. The second-order valence-corrected chi connectivity index (χ2v) is 6.76. The number of nitrogens with one attached hydrogen (secondary N) is 1. The summed E-state index contributed by atoms with van der Waals surface area (Å²) >= 11 is 0. The van der Waals surface area contributed by atoms with Crippen LogP contribution in [0.4, 0.5) is 4.79 Å². The van der Waals surface area contributed by atoms with Crippen LogP contribution in [-0.4, -0.2) is 22.0 Å². The molecule has 1 saturated carbocycles. The number of hydrogen-bond donors (Lipinski definition) is 1. The number of amides is 2. The highest BCUT2D eigenvalue weighted by Gasteiger charge is 2.38. The Balaban J connectivity index is 1.77. The lowest BCUT2D eigenvalue weighted by molar-refractivity contribution is 0.159. The van der Waals surface area contributed by atoms with Crippen LogP contribution in [-0.2, 0) is 0 Å². The summed E-state index contributed by atoms with van der Waals surface area (Å²) in [4.78, 5) is 19.3. The van der Waals surface area contributed by atoms with Gasteiger partial charge in [-0.25, -0.2) is 4.79 Å². The van der Waals surface area contributed by atoms with Gasteiger partial charge in [0.15, 0.2) is 0 Å². The Kier molecular flexibility index (Phi) is 4.88. The summed E-state index contributed by atoms with van der Waals surface area (Å²) in [6.45, 7) is 6.20. The topological polar surface area (TPSA) is 58.4 Å². The zero-order chi connectivity index (χ0) is 17.1. The average molecular weight is 327 g/mol. The van der Waals surface area contributed by atoms with Crippen LogP contribution in [0, 0.1) is 5.92 Å². The number of carbonyl (C=O) groups is 1. The van der Waals surface area contributed by atoms with Crippen molar-refractivity contribution in [1.29, 1.82) is 0 Å². The summed E-state index contributed by atoms with van der Waals surface area (Å²) in [6.07, 6.45) is 5.52. The van der Waals surface area contributed by atoms with Crippen LogP contribution in [0.3, 0.4) is 0 Å². The van der Waals surface area contributed by atoms with Crippen molar-refractivity contribution >= 4 is 6.03 Å². The molecule has 3 rings (SSSR count). The van der Waals surface area contributed by atoms with Gasteiger partial charge in [-0.2, -0.15) is 0 Å². The molecular weight excluding hydrogens is 302 g/mol. The Hall–Kier alpha value is -2.30. The van der Waals surface area contributed by atoms with Crippen LogP contribution < -0.4 is 5.32 Å². The quantitative estimate of drug-likeness (QED) is 0.860. The number of aromatic nitrogens is 1. The smallest absolute Gasteiger partial charge is 0.318 e. The molecule has 2 heterocycles. The number of furan rings is 1. The van der Waals surface area contributed by atoms with E-state index in [2.05, 4.69) is 24.1 Å². The molecule has 2 atom stereocenters. The summed E-state index contributed by atoms with van der Waals surface area (Å²) in [5.74, 6) is 1.07. The van der Waals surface area contributed by atoms with Crippen molar-refractivity contribution in [2.24, 2.45) is 5.92 Å². The Morgan fingerprint density at radius 1 is 1.25 bits per heavy atom. The molecule has 5 nitrogen and oxygen atoms in total. The average Bonchev–Trinajstić information content (AvgIpc) is 3.25. The first kappa shape index (κ1) is 16.6. The molecule has 24 heavy (non-hydrogen) atoms. The molecule has 5 heteroatoms. The van der Waals surface area contributed by atoms with Gasteiger partial charge >= 0.3 is 6.03 Å². The fourth-order valence-corrected chi connectivity index (χ4v) is 3.03. The van der Waals surface area contributed by atoms with Gasteiger partial charge in [-0.1, -0.05) is 19.9 Å². The van der Waals surface area contributed by atoms with Gasteiger partial charge in [0.2, 0.25) is 0 Å². The van der Waals surface area contributed by atoms with Gasteiger partial charge in [-0.3, -0.25) is 4.98 Å². The third-order valence-electron chi connectivity index (χ3n) is 4.50. The summed E-state index contributed by atoms with van der Waals surface area (Å²) in [7, 11) is 0. The maximum Gasteiger partial charge on any atom is 0.318 e. The van der Waals surface area contributed by atoms with Crippen LogP contribution in [0.1, 0.15) is 57.2 Å². The Bertz CT molecular complexity index is 651. The number of urea groups is 1. The van der Waals surface area contributed by atoms with Crippen molar-refractivity contribution in [2.45, 2.75) is 51.7 Å². The number of nitrogens with zero attached hydrogens (tertiary/aromatic N) is 2. The predicted octanol–water partition coefficient (Wildman–Crippen LogP) is 4.31. The Morgan fingerprint density at radius 3 is 2.58 bits per heavy atom. The van der Waals surface area contributed by atoms with Crippen LogP contribution >= 0.6 is 0 Å². The zero-order valence-corrected chi connectivity index (χ0v) is 14.5. The van der Waals surface area contributed by atoms with Gasteiger partial charge in [0.1, 0.15) is 5.76 Å². The number of hydrogen-bond acceptors (Lipinski definition) is 3. The monoisotopic (exact) mass is 327 g/mol. The molecule has 0 saturated heterocycles. The molecule has 0 bridgehead atoms. The van der Waals surface area contributed by atoms with Crippen LogP contribution in [0.25, 0.3) is 0 Å². The first-order valence-electron chi connectivity index (χ1n) is 8.61. The van der Waals surface area contributed by atoms with E-state index in [-0.39, 0.29) is 24.0 Å². The van der Waals surface area contributed by atoms with Crippen molar-refractivity contribution in [3.8, 4) is 0 Å². The molecule has 0 unspecified atom stereocenters. The molecule has 1 N–H and O–H groups in total. The summed E-state index contributed by atoms with van der Waals surface area (Å²) in [5.41, 5.74) is 0.891. The van der Waals surface area contributed by atoms with Crippen molar-refractivity contribution in [3.05, 3.63) is 54.2 Å². The lowest BCUT2D eigenvalue weighted by Gasteiger charge is -2.31. The molecule has 0 aliphatic heterocycles. The summed E-state index contributed by atoms with van der Waals surface area (Å²) in [6, 6.07) is 9.64. The molecule has 1 fully saturated rings. The van der Waals surface area contributed by atoms with Gasteiger partial charge in [0, 0.05) is 12.2 Å². The van der Waals surface area contributed by atoms with Gasteiger partial charge in [0.25, 0.3) is 0 Å². The summed E-state index contributed by atoms with van der Waals surface area (Å²) < 4.78 is 5.51. The second-order valence-electron chi connectivity index (χ2n) is 6.76. The zero-order valence-electron chi connectivity index (χ0n) is 14.5. The highest BCUT2D eigenvalue weighted by molar-refractivity contribution is 5.76. The van der Waals surface area contributed by atoms with Gasteiger partial charge in [-0.15, -0.1) is 0 Å². The normalized spacial score (nSPS) is 16.7. The maximum absolute atomic E-state index is 13.0. The molecule has 1 aliphatic carbocycles. The SMILES string of the molecule is CC(C)[C@H](NC(=O)N(C1CC1)[C@H](C)c1ccco1)c1ccccn1. The number of rotatable bonds is 6. The highest BCUT2D eigenvalue weighted by atomic mass is 16.3. The molecule has 2 amide bonds. The second kappa shape index (κ2) is 7.07. The van der Waals surface area contributed by atoms with Gasteiger partial charge < -0.3 is 14.6 Å². The Morgan fingerprint density at radius 2 is 2.04 bits per heavy atom. The standard InChI is InChI=1S/C19H25N3O2/c1-13(2)18(16-7-4-5-11-20-16)21-19(23)22(15-9-10-15)14(3)17-8-6-12-24-17/h4-8,11-15,18H,9-10H2,1-3H3,(H,21,23)/t14-,18+/m1/s1. The molecule has 0 aromatic carbocycles. The third kappa shape index (κ3) is 3.61. The van der Waals surface area contributed by atoms with E-state index in [0.29, 0.717) is 6.04 Å². The minimum atomic E-state index is -0.108. The van der Waals surface area contributed by atoms with E-state index >= 15 is 0 Å². The molecular formula is C19H25N3O2. The van der Waals surface area contributed by atoms with Crippen molar-refractivity contribution in [2.75, 3.05) is 0 Å². The van der Waals surface area contributed by atoms with E-state index in [1.54, 1.807) is 12.5 Å². The highest BCUT2D eigenvalue weighted by Crippen LogP contribution is 2.35. The minimum Gasteiger partial charge on any atom is -0.467 e. The van der Waals surface area contributed by atoms with E-state index in [0.717, 1.165) is 24.3 Å². The van der Waals surface area contributed by atoms with E-state index in [1.807, 2.05) is 42.2 Å². The molecule has 128 valence electrons. The van der Waals surface area contributed by atoms with E-state index < -0.39 is 0 Å². The fourth-order valence-electron chi connectivity index (χ4n) is 3.03. The number of carbonyl (C=O) groups excluding carboxylic acids is 1. The maximum atomic E-state index is 13.0. The lowest BCUT2D eigenvalue weighted by Crippen LogP contribution is -2.45. The molecule has 2 aromatic rings. The number of pyridine rings is 1. The van der Waals surface area contributed by atoms with E-state index in [4.69, 9.17) is 4.42 Å². The van der Waals surface area contributed by atoms with E-state index in [9.17, 15) is 4.79 Å². The predicted molar refractivity (Wildman–Crippen MR) is 92.3 cm³/mol. The lowest BCUT2D eigenvalue weighted by atomic mass is 10.0. The first-order valence-corrected chi connectivity index (χ1v) is 8.61. The van der Waals surface area contributed by atoms with Gasteiger partial charge in [0.05, 0.1) is 24.0 Å². The largest absolute Gasteiger partial charge is 0.467 e. The first-order chi connectivity index (χ1) is 11.6. The Labute approximate surface area is 143 Å². The molecule has 2 aromatic heterocycles. The summed E-state index contributed by atoms with van der Waals surface area (Å²) in [5, 5.41) is 3.18. The molecule has 1 aliphatic rings. The molecule has 0 radical (unpaired) electrons. The van der Waals surface area contributed by atoms with Crippen molar-refractivity contribution in [1.82, 2.24) is 15.2 Å². The van der Waals surface area contributed by atoms with Crippen LogP contribution in [0.2, 0.25) is 0 Å². The van der Waals surface area contributed by atoms with Crippen molar-refractivity contribution < 1.29 is 9.21 Å². The van der Waals surface area contributed by atoms with E-state index in [1.165, 1.54) is 0 Å². The minimum absolute atomic E-state index is 0.0502. The van der Waals surface area contributed by atoms with Crippen LogP contribution in [0.15, 0.2) is 47.2 Å². The van der Waals surface area contributed by atoms with Crippen LogP contribution in [0.5, 0.6) is 0 Å². The molecule has 0 spiro atoms. The van der Waals surface area contributed by atoms with Gasteiger partial charge in [-0.05, 0) is 49.9 Å². The fraction of sp³-hybridized carbons (Fsp3) is 0.474.